The molecule has 0 aliphatic heterocycles. The predicted molar refractivity (Wildman–Crippen MR) is 125 cm³/mol. The van der Waals surface area contributed by atoms with Crippen molar-refractivity contribution in [1.82, 2.24) is 0 Å². The highest BCUT2D eigenvalue weighted by Crippen LogP contribution is 2.60. The van der Waals surface area contributed by atoms with Gasteiger partial charge in [0, 0.05) is 12.8 Å². The van der Waals surface area contributed by atoms with E-state index in [1.54, 1.807) is 6.92 Å². The van der Waals surface area contributed by atoms with E-state index >= 15 is 0 Å². The molecule has 0 spiro atoms. The maximum Gasteiger partial charge on any atom is 0.426 e. The molecule has 3 nitrogen and oxygen atoms in total. The van der Waals surface area contributed by atoms with Gasteiger partial charge in [0.15, 0.2) is 0 Å². The van der Waals surface area contributed by atoms with Crippen molar-refractivity contribution in [1.29, 1.82) is 0 Å². The van der Waals surface area contributed by atoms with Crippen molar-refractivity contribution in [2.75, 3.05) is 0 Å². The van der Waals surface area contributed by atoms with Crippen molar-refractivity contribution in [3.05, 3.63) is 35.5 Å². The number of hydrogen-bond donors (Lipinski definition) is 3. The first kappa shape index (κ1) is 30.2. The monoisotopic (exact) mass is 542 g/mol. The Morgan fingerprint density at radius 1 is 1.08 bits per heavy atom. The van der Waals surface area contributed by atoms with Crippen LogP contribution in [0, 0.1) is 23.2 Å². The SMILES string of the molecule is C=C1/C(=C\C=C2/CCC[C@]3(C)[C@@H]([C@H](C)C[C@H](F)CC(O)(C(F)(F)F)C(F)(F)F)CC[C@@H]23)C[C@@H](O)C[C@@H]1O. The summed E-state index contributed by atoms with van der Waals surface area (Å²) in [5, 5.41) is 29.5. The fourth-order valence-corrected chi connectivity index (χ4v) is 7.04. The highest BCUT2D eigenvalue weighted by Gasteiger charge is 2.70. The molecule has 37 heavy (non-hydrogen) atoms. The van der Waals surface area contributed by atoms with Crippen LogP contribution in [0.3, 0.4) is 0 Å². The molecule has 0 radical (unpaired) electrons. The third kappa shape index (κ3) is 5.96. The smallest absolute Gasteiger partial charge is 0.393 e. The van der Waals surface area contributed by atoms with Gasteiger partial charge in [-0.3, -0.25) is 0 Å². The van der Waals surface area contributed by atoms with Crippen LogP contribution in [0.4, 0.5) is 30.7 Å². The molecule has 0 aromatic rings. The van der Waals surface area contributed by atoms with E-state index < -0.39 is 55.1 Å². The summed E-state index contributed by atoms with van der Waals surface area (Å²) in [5.41, 5.74) is -2.85. The van der Waals surface area contributed by atoms with Crippen molar-refractivity contribution >= 4 is 0 Å². The van der Waals surface area contributed by atoms with Gasteiger partial charge in [0.1, 0.15) is 6.17 Å². The number of fused-ring (bicyclic) bond motifs is 1. The van der Waals surface area contributed by atoms with E-state index in [-0.39, 0.29) is 23.7 Å². The Hall–Kier alpha value is -1.39. The number of aliphatic hydroxyl groups excluding tert-OH is 2. The van der Waals surface area contributed by atoms with Crippen molar-refractivity contribution in [3.63, 3.8) is 0 Å². The van der Waals surface area contributed by atoms with Gasteiger partial charge in [-0.25, -0.2) is 4.39 Å². The molecule has 0 bridgehead atoms. The van der Waals surface area contributed by atoms with Crippen LogP contribution in [0.1, 0.15) is 71.6 Å². The van der Waals surface area contributed by atoms with Gasteiger partial charge in [-0.05, 0) is 79.3 Å². The van der Waals surface area contributed by atoms with Gasteiger partial charge < -0.3 is 15.3 Å². The molecule has 212 valence electrons. The lowest BCUT2D eigenvalue weighted by molar-refractivity contribution is -0.372. The minimum Gasteiger partial charge on any atom is -0.393 e. The number of halogens is 7. The summed E-state index contributed by atoms with van der Waals surface area (Å²) in [6, 6.07) is 0. The van der Waals surface area contributed by atoms with Crippen molar-refractivity contribution < 1.29 is 46.1 Å². The summed E-state index contributed by atoms with van der Waals surface area (Å²) >= 11 is 0. The molecule has 0 heterocycles. The zero-order chi connectivity index (χ0) is 28.0. The molecular weight excluding hydrogens is 505 g/mol. The van der Waals surface area contributed by atoms with Gasteiger partial charge in [0.2, 0.25) is 0 Å². The maximum atomic E-state index is 14.7. The van der Waals surface area contributed by atoms with E-state index in [0.717, 1.165) is 31.3 Å². The fraction of sp³-hybridized carbons (Fsp3) is 0.778. The van der Waals surface area contributed by atoms with E-state index in [0.29, 0.717) is 18.4 Å². The Bertz CT molecular complexity index is 893. The van der Waals surface area contributed by atoms with Crippen molar-refractivity contribution in [3.8, 4) is 0 Å². The minimum absolute atomic E-state index is 0.0924. The Morgan fingerprint density at radius 3 is 2.30 bits per heavy atom. The lowest BCUT2D eigenvalue weighted by Crippen LogP contribution is -2.58. The van der Waals surface area contributed by atoms with Gasteiger partial charge in [0.25, 0.3) is 5.60 Å². The number of rotatable bonds is 6. The zero-order valence-electron chi connectivity index (χ0n) is 21.2. The average molecular weight is 543 g/mol. The Balaban J connectivity index is 1.73. The number of aliphatic hydroxyl groups is 3. The number of alkyl halides is 7. The first-order chi connectivity index (χ1) is 16.9. The molecule has 3 fully saturated rings. The van der Waals surface area contributed by atoms with Crippen LogP contribution in [-0.4, -0.2) is 51.7 Å². The van der Waals surface area contributed by atoms with Crippen molar-refractivity contribution in [2.24, 2.45) is 23.2 Å². The van der Waals surface area contributed by atoms with Gasteiger partial charge in [0.05, 0.1) is 12.2 Å². The quantitative estimate of drug-likeness (QED) is 0.326. The van der Waals surface area contributed by atoms with E-state index in [2.05, 4.69) is 13.5 Å². The number of allylic oxidation sites excluding steroid dienone is 3. The lowest BCUT2D eigenvalue weighted by Gasteiger charge is -2.44. The van der Waals surface area contributed by atoms with E-state index in [4.69, 9.17) is 0 Å². The molecule has 0 saturated heterocycles. The van der Waals surface area contributed by atoms with Crippen LogP contribution >= 0.6 is 0 Å². The molecule has 3 N–H and O–H groups in total. The molecule has 0 amide bonds. The second-order valence-electron chi connectivity index (χ2n) is 11.5. The van der Waals surface area contributed by atoms with Crippen LogP contribution < -0.4 is 0 Å². The highest BCUT2D eigenvalue weighted by molar-refractivity contribution is 5.38. The maximum absolute atomic E-state index is 14.7. The second-order valence-corrected chi connectivity index (χ2v) is 11.5. The second kappa shape index (κ2) is 10.6. The normalized spacial score (nSPS) is 35.6. The average Bonchev–Trinajstić information content (AvgIpc) is 3.11. The molecule has 3 aliphatic carbocycles. The molecular formula is C27H37F7O3. The van der Waals surface area contributed by atoms with Gasteiger partial charge in [-0.15, -0.1) is 0 Å². The van der Waals surface area contributed by atoms with Gasteiger partial charge >= 0.3 is 12.4 Å². The summed E-state index contributed by atoms with van der Waals surface area (Å²) in [7, 11) is 0. The Morgan fingerprint density at radius 2 is 1.70 bits per heavy atom. The molecule has 0 aromatic carbocycles. The fourth-order valence-electron chi connectivity index (χ4n) is 7.04. The minimum atomic E-state index is -6.03. The van der Waals surface area contributed by atoms with E-state index in [9.17, 15) is 46.1 Å². The highest BCUT2D eigenvalue weighted by atomic mass is 19.4. The topological polar surface area (TPSA) is 60.7 Å². The standard InChI is InChI=1S/C27H37F7O3/c1-15(11-19(28)14-25(37,26(29,30)31)27(32,33)34)21-8-9-22-17(5-4-10-24(21,22)3)6-7-18-12-20(35)13-23(36)16(18)2/h6-7,15,19-23,35-37H,2,4-5,8-14H2,1,3H3/b17-6+,18-7-/t15-,19+,20-,21-,22+,23+,24-/m1/s1. The summed E-state index contributed by atoms with van der Waals surface area (Å²) in [5.74, 6) is -0.431. The van der Waals surface area contributed by atoms with Crippen LogP contribution in [0.25, 0.3) is 0 Å². The summed E-state index contributed by atoms with van der Waals surface area (Å²) in [6.45, 7) is 7.65. The zero-order valence-corrected chi connectivity index (χ0v) is 21.2. The van der Waals surface area contributed by atoms with E-state index in [1.807, 2.05) is 12.2 Å². The lowest BCUT2D eigenvalue weighted by atomic mass is 9.60. The van der Waals surface area contributed by atoms with E-state index in [1.165, 1.54) is 5.57 Å². The Kier molecular flexibility index (Phi) is 8.67. The number of hydrogen-bond acceptors (Lipinski definition) is 3. The Labute approximate surface area is 213 Å². The van der Waals surface area contributed by atoms with Crippen LogP contribution in [0.2, 0.25) is 0 Å². The third-order valence-electron chi connectivity index (χ3n) is 9.07. The summed E-state index contributed by atoms with van der Waals surface area (Å²) < 4.78 is 92.8. The summed E-state index contributed by atoms with van der Waals surface area (Å²) in [4.78, 5) is 0. The molecule has 10 heteroatoms. The van der Waals surface area contributed by atoms with Crippen LogP contribution in [0.15, 0.2) is 35.5 Å². The molecule has 3 saturated carbocycles. The van der Waals surface area contributed by atoms with Crippen LogP contribution in [0.5, 0.6) is 0 Å². The molecule has 7 atom stereocenters. The molecule has 0 unspecified atom stereocenters. The van der Waals surface area contributed by atoms with Crippen molar-refractivity contribution in [2.45, 2.75) is 108 Å². The first-order valence-electron chi connectivity index (χ1n) is 12.9. The summed E-state index contributed by atoms with van der Waals surface area (Å²) in [6.07, 6.45) is -10.1. The largest absolute Gasteiger partial charge is 0.426 e. The van der Waals surface area contributed by atoms with Crippen LogP contribution in [-0.2, 0) is 0 Å². The molecule has 0 aromatic heterocycles. The predicted octanol–water partition coefficient (Wildman–Crippen LogP) is 6.74. The third-order valence-corrected chi connectivity index (χ3v) is 9.07. The first-order valence-corrected chi connectivity index (χ1v) is 12.9. The van der Waals surface area contributed by atoms with Gasteiger partial charge in [-0.2, -0.15) is 26.3 Å². The van der Waals surface area contributed by atoms with Gasteiger partial charge in [-0.1, -0.05) is 38.2 Å². The molecule has 3 aliphatic rings. The molecule has 3 rings (SSSR count).